The van der Waals surface area contributed by atoms with E-state index in [4.69, 9.17) is 10.5 Å². The van der Waals surface area contributed by atoms with E-state index in [2.05, 4.69) is 24.0 Å². The highest BCUT2D eigenvalue weighted by molar-refractivity contribution is 5.85. The van der Waals surface area contributed by atoms with E-state index in [1.165, 1.54) is 5.56 Å². The molecule has 0 radical (unpaired) electrons. The molecule has 1 fully saturated rings. The number of nitrogens with zero attached hydrogens (tertiary/aromatic N) is 1. The third-order valence-corrected chi connectivity index (χ3v) is 3.30. The van der Waals surface area contributed by atoms with E-state index >= 15 is 0 Å². The normalized spacial score (nSPS) is 17.2. The Labute approximate surface area is 116 Å². The zero-order chi connectivity index (χ0) is 12.1. The van der Waals surface area contributed by atoms with Crippen molar-refractivity contribution >= 4 is 12.4 Å². The van der Waals surface area contributed by atoms with E-state index in [0.29, 0.717) is 6.04 Å². The van der Waals surface area contributed by atoms with Crippen molar-refractivity contribution in [1.82, 2.24) is 4.90 Å². The minimum atomic E-state index is 0. The average molecular weight is 271 g/mol. The molecule has 0 aliphatic carbocycles. The van der Waals surface area contributed by atoms with Crippen LogP contribution >= 0.6 is 12.4 Å². The third-order valence-electron chi connectivity index (χ3n) is 3.30. The maximum Gasteiger partial charge on any atom is 0.119 e. The van der Waals surface area contributed by atoms with Crippen molar-refractivity contribution < 1.29 is 4.74 Å². The van der Waals surface area contributed by atoms with Gasteiger partial charge in [-0.15, -0.1) is 12.4 Å². The Morgan fingerprint density at radius 1 is 1.33 bits per heavy atom. The molecule has 1 aliphatic rings. The van der Waals surface area contributed by atoms with Crippen LogP contribution in [-0.2, 0) is 0 Å². The summed E-state index contributed by atoms with van der Waals surface area (Å²) in [5.41, 5.74) is 7.12. The molecule has 2 rings (SSSR count). The molecule has 2 N–H and O–H groups in total. The Hall–Kier alpha value is -0.770. The first-order valence-corrected chi connectivity index (χ1v) is 6.41. The molecule has 0 atom stereocenters. The number of piperidine rings is 1. The van der Waals surface area contributed by atoms with Gasteiger partial charge in [0.2, 0.25) is 0 Å². The predicted octanol–water partition coefficient (Wildman–Crippen LogP) is 2.22. The Kier molecular flexibility index (Phi) is 6.47. The van der Waals surface area contributed by atoms with Gasteiger partial charge in [-0.2, -0.15) is 0 Å². The van der Waals surface area contributed by atoms with E-state index in [1.54, 1.807) is 0 Å². The van der Waals surface area contributed by atoms with Gasteiger partial charge in [-0.05, 0) is 50.6 Å². The zero-order valence-electron chi connectivity index (χ0n) is 11.0. The summed E-state index contributed by atoms with van der Waals surface area (Å²) in [5, 5.41) is 0. The number of aryl methyl sites for hydroxylation is 1. The minimum absolute atomic E-state index is 0. The number of nitrogens with two attached hydrogens (primary N) is 1. The lowest BCUT2D eigenvalue weighted by Crippen LogP contribution is -2.41. The Morgan fingerprint density at radius 2 is 2.06 bits per heavy atom. The van der Waals surface area contributed by atoms with E-state index in [9.17, 15) is 0 Å². The first-order chi connectivity index (χ1) is 8.24. The molecule has 1 aliphatic heterocycles. The van der Waals surface area contributed by atoms with Gasteiger partial charge in [-0.1, -0.05) is 12.1 Å². The summed E-state index contributed by atoms with van der Waals surface area (Å²) in [6, 6.07) is 8.61. The lowest BCUT2D eigenvalue weighted by Gasteiger charge is -2.29. The SMILES string of the molecule is Cc1cccc(OCCN2CCC(N)CC2)c1.Cl. The fraction of sp³-hybridized carbons (Fsp3) is 0.571. The molecule has 4 heteroatoms. The lowest BCUT2D eigenvalue weighted by atomic mass is 10.1. The molecule has 0 spiro atoms. The number of hydrogen-bond acceptors (Lipinski definition) is 3. The molecule has 1 aromatic carbocycles. The fourth-order valence-corrected chi connectivity index (χ4v) is 2.17. The molecule has 18 heavy (non-hydrogen) atoms. The largest absolute Gasteiger partial charge is 0.492 e. The van der Waals surface area contributed by atoms with Gasteiger partial charge in [0.05, 0.1) is 0 Å². The van der Waals surface area contributed by atoms with Crippen molar-refractivity contribution in [3.05, 3.63) is 29.8 Å². The smallest absolute Gasteiger partial charge is 0.119 e. The predicted molar refractivity (Wildman–Crippen MR) is 77.6 cm³/mol. The van der Waals surface area contributed by atoms with Gasteiger partial charge in [0.1, 0.15) is 12.4 Å². The van der Waals surface area contributed by atoms with Crippen LogP contribution in [0, 0.1) is 6.92 Å². The maximum absolute atomic E-state index is 5.88. The summed E-state index contributed by atoms with van der Waals surface area (Å²) in [7, 11) is 0. The minimum Gasteiger partial charge on any atom is -0.492 e. The topological polar surface area (TPSA) is 38.5 Å². The Bertz CT molecular complexity index is 351. The van der Waals surface area contributed by atoms with Crippen molar-refractivity contribution in [2.24, 2.45) is 5.73 Å². The van der Waals surface area contributed by atoms with Crippen LogP contribution in [0.2, 0.25) is 0 Å². The van der Waals surface area contributed by atoms with Crippen LogP contribution in [0.1, 0.15) is 18.4 Å². The summed E-state index contributed by atoms with van der Waals surface area (Å²) in [4.78, 5) is 2.43. The highest BCUT2D eigenvalue weighted by atomic mass is 35.5. The van der Waals surface area contributed by atoms with Crippen molar-refractivity contribution in [3.8, 4) is 5.75 Å². The standard InChI is InChI=1S/C14H22N2O.ClH/c1-12-3-2-4-14(11-12)17-10-9-16-7-5-13(15)6-8-16;/h2-4,11,13H,5-10,15H2,1H3;1H. The van der Waals surface area contributed by atoms with E-state index in [0.717, 1.165) is 44.8 Å². The third kappa shape index (κ3) is 4.84. The number of benzene rings is 1. The van der Waals surface area contributed by atoms with Gasteiger partial charge in [-0.25, -0.2) is 0 Å². The quantitative estimate of drug-likeness (QED) is 0.912. The number of ether oxygens (including phenoxy) is 1. The monoisotopic (exact) mass is 270 g/mol. The molecule has 1 saturated heterocycles. The molecule has 3 nitrogen and oxygen atoms in total. The van der Waals surface area contributed by atoms with Gasteiger partial charge < -0.3 is 10.5 Å². The maximum atomic E-state index is 5.88. The van der Waals surface area contributed by atoms with Crippen molar-refractivity contribution in [1.29, 1.82) is 0 Å². The molecular formula is C14H23ClN2O. The second-order valence-electron chi connectivity index (χ2n) is 4.84. The number of hydrogen-bond donors (Lipinski definition) is 1. The number of halogens is 1. The van der Waals surface area contributed by atoms with E-state index in [-0.39, 0.29) is 12.4 Å². The van der Waals surface area contributed by atoms with Crippen LogP contribution in [0.5, 0.6) is 5.75 Å². The van der Waals surface area contributed by atoms with Crippen LogP contribution in [0.25, 0.3) is 0 Å². The van der Waals surface area contributed by atoms with Crippen LogP contribution in [0.4, 0.5) is 0 Å². The fourth-order valence-electron chi connectivity index (χ4n) is 2.17. The molecule has 0 bridgehead atoms. The average Bonchev–Trinajstić information content (AvgIpc) is 2.32. The summed E-state index contributed by atoms with van der Waals surface area (Å²) in [5.74, 6) is 0.971. The van der Waals surface area contributed by atoms with Crippen molar-refractivity contribution in [3.63, 3.8) is 0 Å². The lowest BCUT2D eigenvalue weighted by molar-refractivity contribution is 0.174. The molecule has 0 amide bonds. The van der Waals surface area contributed by atoms with Crippen molar-refractivity contribution in [2.75, 3.05) is 26.2 Å². The van der Waals surface area contributed by atoms with Gasteiger partial charge in [0.15, 0.2) is 0 Å². The molecule has 0 saturated carbocycles. The molecule has 1 aromatic rings. The van der Waals surface area contributed by atoms with Crippen LogP contribution in [0.15, 0.2) is 24.3 Å². The second-order valence-corrected chi connectivity index (χ2v) is 4.84. The summed E-state index contributed by atoms with van der Waals surface area (Å²) in [6.45, 7) is 6.06. The summed E-state index contributed by atoms with van der Waals surface area (Å²) in [6.07, 6.45) is 2.23. The van der Waals surface area contributed by atoms with E-state index < -0.39 is 0 Å². The van der Waals surface area contributed by atoms with Crippen LogP contribution < -0.4 is 10.5 Å². The van der Waals surface area contributed by atoms with E-state index in [1.807, 2.05) is 12.1 Å². The van der Waals surface area contributed by atoms with Crippen molar-refractivity contribution in [2.45, 2.75) is 25.8 Å². The summed E-state index contributed by atoms with van der Waals surface area (Å²) < 4.78 is 5.74. The van der Waals surface area contributed by atoms with Crippen LogP contribution in [-0.4, -0.2) is 37.2 Å². The first kappa shape index (κ1) is 15.3. The Morgan fingerprint density at radius 3 is 2.72 bits per heavy atom. The molecular weight excluding hydrogens is 248 g/mol. The van der Waals surface area contributed by atoms with Crippen LogP contribution in [0.3, 0.4) is 0 Å². The number of rotatable bonds is 4. The van der Waals surface area contributed by atoms with Gasteiger partial charge in [0, 0.05) is 12.6 Å². The molecule has 1 heterocycles. The van der Waals surface area contributed by atoms with Gasteiger partial charge in [0.25, 0.3) is 0 Å². The second kappa shape index (κ2) is 7.62. The highest BCUT2D eigenvalue weighted by Crippen LogP contribution is 2.13. The first-order valence-electron chi connectivity index (χ1n) is 6.41. The zero-order valence-corrected chi connectivity index (χ0v) is 11.8. The molecule has 102 valence electrons. The molecule has 0 unspecified atom stereocenters. The number of likely N-dealkylation sites (tertiary alicyclic amines) is 1. The molecule has 0 aromatic heterocycles. The summed E-state index contributed by atoms with van der Waals surface area (Å²) >= 11 is 0. The highest BCUT2D eigenvalue weighted by Gasteiger charge is 2.15. The van der Waals surface area contributed by atoms with Gasteiger partial charge in [-0.3, -0.25) is 4.90 Å². The van der Waals surface area contributed by atoms with Gasteiger partial charge >= 0.3 is 0 Å². The Balaban J connectivity index is 0.00000162.